The molecule has 2 heterocycles. The highest BCUT2D eigenvalue weighted by molar-refractivity contribution is 7.91. The van der Waals surface area contributed by atoms with E-state index < -0.39 is 9.84 Å². The Morgan fingerprint density at radius 2 is 0.930 bits per heavy atom. The molecule has 2 aromatic heterocycles. The van der Waals surface area contributed by atoms with Crippen LogP contribution in [0.1, 0.15) is 0 Å². The molecule has 0 unspecified atom stereocenters. The van der Waals surface area contributed by atoms with Crippen LogP contribution >= 0.6 is 0 Å². The van der Waals surface area contributed by atoms with E-state index in [0.717, 1.165) is 0 Å². The number of phenolic OH excluding ortho intramolecular Hbond substituents is 2. The Hall–Kier alpha value is -5.43. The van der Waals surface area contributed by atoms with Gasteiger partial charge in [0.2, 0.25) is 33.1 Å². The van der Waals surface area contributed by atoms with Crippen molar-refractivity contribution in [3.05, 3.63) is 60.7 Å². The maximum atomic E-state index is 13.6. The molecule has 0 spiro atoms. The van der Waals surface area contributed by atoms with Gasteiger partial charge < -0.3 is 38.0 Å². The maximum Gasteiger partial charge on any atom is 0.227 e. The number of methoxy groups -OCH3 is 4. The molecule has 43 heavy (non-hydrogen) atoms. The number of hydrogen-bond acceptors (Lipinski definition) is 12. The molecular weight excluding hydrogens is 580 g/mol. The zero-order valence-corrected chi connectivity index (χ0v) is 24.1. The van der Waals surface area contributed by atoms with Crippen LogP contribution in [0.3, 0.4) is 0 Å². The smallest absolute Gasteiger partial charge is 0.227 e. The quantitative estimate of drug-likeness (QED) is 0.222. The predicted molar refractivity (Wildman–Crippen MR) is 154 cm³/mol. The molecule has 0 aliphatic carbocycles. The summed E-state index contributed by atoms with van der Waals surface area (Å²) in [7, 11) is 1.62. The van der Waals surface area contributed by atoms with Gasteiger partial charge in [-0.1, -0.05) is 0 Å². The normalized spacial score (nSPS) is 11.6. The highest BCUT2D eigenvalue weighted by atomic mass is 32.2. The van der Waals surface area contributed by atoms with Crippen molar-refractivity contribution in [1.82, 2.24) is 9.97 Å². The molecule has 0 aliphatic heterocycles. The van der Waals surface area contributed by atoms with E-state index >= 15 is 0 Å². The molecular formula is C30H24N2O10S. The van der Waals surface area contributed by atoms with Gasteiger partial charge in [-0.05, 0) is 60.7 Å². The molecule has 0 saturated carbocycles. The SMILES string of the molecule is COc1cc(-c2nc3cc(S(=O)(=O)c4ccc5oc(-c6cc(OC)c(O)c(OC)c6)nc5c4)ccc3o2)cc(OC)c1O. The lowest BCUT2D eigenvalue weighted by Crippen LogP contribution is -2.01. The van der Waals surface area contributed by atoms with Crippen molar-refractivity contribution in [2.75, 3.05) is 28.4 Å². The zero-order valence-electron chi connectivity index (χ0n) is 23.2. The van der Waals surface area contributed by atoms with Crippen LogP contribution in [-0.2, 0) is 9.84 Å². The number of hydrogen-bond donors (Lipinski definition) is 2. The van der Waals surface area contributed by atoms with E-state index in [4.69, 9.17) is 27.8 Å². The summed E-state index contributed by atoms with van der Waals surface area (Å²) in [6.45, 7) is 0. The summed E-state index contributed by atoms with van der Waals surface area (Å²) in [5.74, 6) is 0.671. The molecule has 0 atom stereocenters. The monoisotopic (exact) mass is 604 g/mol. The summed E-state index contributed by atoms with van der Waals surface area (Å²) >= 11 is 0. The molecule has 0 amide bonds. The molecule has 13 heteroatoms. The predicted octanol–water partition coefficient (Wildman–Crippen LogP) is 5.58. The van der Waals surface area contributed by atoms with Gasteiger partial charge in [-0.3, -0.25) is 0 Å². The summed E-state index contributed by atoms with van der Waals surface area (Å²) in [5.41, 5.74) is 2.25. The van der Waals surface area contributed by atoms with Crippen LogP contribution in [0.2, 0.25) is 0 Å². The largest absolute Gasteiger partial charge is 0.502 e. The first-order valence-corrected chi connectivity index (χ1v) is 14.1. The van der Waals surface area contributed by atoms with E-state index in [2.05, 4.69) is 9.97 Å². The van der Waals surface area contributed by atoms with Crippen molar-refractivity contribution >= 4 is 32.0 Å². The van der Waals surface area contributed by atoms with Crippen LogP contribution in [0, 0.1) is 0 Å². The van der Waals surface area contributed by atoms with Gasteiger partial charge in [0.25, 0.3) is 0 Å². The highest BCUT2D eigenvalue weighted by Crippen LogP contribution is 2.42. The summed E-state index contributed by atoms with van der Waals surface area (Å²) in [6.07, 6.45) is 0. The van der Waals surface area contributed by atoms with Crippen molar-refractivity contribution < 1.29 is 46.4 Å². The second-order valence-electron chi connectivity index (χ2n) is 9.26. The van der Waals surface area contributed by atoms with Crippen molar-refractivity contribution in [3.63, 3.8) is 0 Å². The third-order valence-electron chi connectivity index (χ3n) is 6.79. The molecule has 0 bridgehead atoms. The third kappa shape index (κ3) is 4.69. The first kappa shape index (κ1) is 27.7. The van der Waals surface area contributed by atoms with Crippen LogP contribution in [-0.4, -0.2) is 57.0 Å². The molecule has 4 aromatic carbocycles. The second kappa shape index (κ2) is 10.4. The number of oxazole rings is 2. The van der Waals surface area contributed by atoms with Gasteiger partial charge in [0, 0.05) is 11.1 Å². The number of fused-ring (bicyclic) bond motifs is 2. The fourth-order valence-corrected chi connectivity index (χ4v) is 5.87. The van der Waals surface area contributed by atoms with E-state index in [1.54, 1.807) is 0 Å². The minimum Gasteiger partial charge on any atom is -0.502 e. The molecule has 0 radical (unpaired) electrons. The van der Waals surface area contributed by atoms with Crippen LogP contribution < -0.4 is 18.9 Å². The number of ether oxygens (including phenoxy) is 4. The highest BCUT2D eigenvalue weighted by Gasteiger charge is 2.23. The average molecular weight is 605 g/mol. The number of nitrogens with zero attached hydrogens (tertiary/aromatic N) is 2. The summed E-state index contributed by atoms with van der Waals surface area (Å²) in [4.78, 5) is 8.92. The number of aromatic nitrogens is 2. The zero-order chi connectivity index (χ0) is 30.5. The van der Waals surface area contributed by atoms with E-state index in [9.17, 15) is 18.6 Å². The van der Waals surface area contributed by atoms with Gasteiger partial charge in [0.1, 0.15) is 11.0 Å². The standard InChI is InChI=1S/C30H24N2O10S/c1-37-23-9-15(10-24(38-2)27(23)33)29-31-19-13-17(5-7-21(19)41-29)43(35,36)18-6-8-22-20(14-18)32-30(42-22)16-11-25(39-3)28(34)26(12-16)40-4/h5-14,33-34H,1-4H3. The summed E-state index contributed by atoms with van der Waals surface area (Å²) < 4.78 is 59.8. The fourth-order valence-electron chi connectivity index (χ4n) is 4.57. The van der Waals surface area contributed by atoms with Gasteiger partial charge in [0.05, 0.1) is 38.2 Å². The van der Waals surface area contributed by atoms with Crippen molar-refractivity contribution in [3.8, 4) is 57.4 Å². The lowest BCUT2D eigenvalue weighted by atomic mass is 10.2. The Morgan fingerprint density at radius 3 is 1.26 bits per heavy atom. The third-order valence-corrected chi connectivity index (χ3v) is 8.54. The number of rotatable bonds is 8. The van der Waals surface area contributed by atoms with Gasteiger partial charge in [-0.15, -0.1) is 0 Å². The van der Waals surface area contributed by atoms with Gasteiger partial charge in [-0.2, -0.15) is 0 Å². The molecule has 0 fully saturated rings. The number of aromatic hydroxyl groups is 2. The summed E-state index contributed by atoms with van der Waals surface area (Å²) in [6, 6.07) is 14.9. The Balaban J connectivity index is 1.36. The van der Waals surface area contributed by atoms with Crippen molar-refractivity contribution in [1.29, 1.82) is 0 Å². The molecule has 220 valence electrons. The minimum atomic E-state index is -4.00. The Kier molecular flexibility index (Phi) is 6.73. The second-order valence-corrected chi connectivity index (χ2v) is 11.2. The Labute approximate surface area is 244 Å². The fraction of sp³-hybridized carbons (Fsp3) is 0.133. The molecule has 12 nitrogen and oxygen atoms in total. The van der Waals surface area contributed by atoms with Gasteiger partial charge in [0.15, 0.2) is 34.2 Å². The number of benzene rings is 4. The van der Waals surface area contributed by atoms with Crippen molar-refractivity contribution in [2.45, 2.75) is 9.79 Å². The Bertz CT molecular complexity index is 1940. The lowest BCUT2D eigenvalue weighted by Gasteiger charge is -2.09. The van der Waals surface area contributed by atoms with E-state index in [-0.39, 0.29) is 56.1 Å². The van der Waals surface area contributed by atoms with Crippen LogP contribution in [0.25, 0.3) is 45.1 Å². The van der Waals surface area contributed by atoms with E-state index in [1.165, 1.54) is 89.1 Å². The molecule has 2 N–H and O–H groups in total. The van der Waals surface area contributed by atoms with E-state index in [0.29, 0.717) is 33.3 Å². The topological polar surface area (TPSA) is 164 Å². The van der Waals surface area contributed by atoms with Crippen LogP contribution in [0.5, 0.6) is 34.5 Å². The summed E-state index contributed by atoms with van der Waals surface area (Å²) in [5, 5.41) is 20.4. The molecule has 6 rings (SSSR count). The van der Waals surface area contributed by atoms with Gasteiger partial charge >= 0.3 is 0 Å². The van der Waals surface area contributed by atoms with Crippen molar-refractivity contribution in [2.24, 2.45) is 0 Å². The average Bonchev–Trinajstić information content (AvgIpc) is 3.65. The van der Waals surface area contributed by atoms with Crippen LogP contribution in [0.4, 0.5) is 0 Å². The minimum absolute atomic E-state index is 0.00297. The van der Waals surface area contributed by atoms with E-state index in [1.807, 2.05) is 0 Å². The van der Waals surface area contributed by atoms with Gasteiger partial charge in [-0.25, -0.2) is 18.4 Å². The first-order valence-electron chi connectivity index (χ1n) is 12.6. The molecule has 0 saturated heterocycles. The van der Waals surface area contributed by atoms with Crippen LogP contribution in [0.15, 0.2) is 79.3 Å². The molecule has 6 aromatic rings. The maximum absolute atomic E-state index is 13.6. The first-order chi connectivity index (χ1) is 20.7. The number of sulfone groups is 1. The lowest BCUT2D eigenvalue weighted by molar-refractivity contribution is 0.340. The molecule has 0 aliphatic rings. The number of phenols is 2. The Morgan fingerprint density at radius 1 is 0.581 bits per heavy atom.